The minimum absolute atomic E-state index is 0.0239. The monoisotopic (exact) mass is 583 g/mol. The summed E-state index contributed by atoms with van der Waals surface area (Å²) in [6, 6.07) is 9.95. The molecule has 0 aliphatic rings. The second-order valence-electron chi connectivity index (χ2n) is 10.9. The van der Waals surface area contributed by atoms with Gasteiger partial charge in [0.25, 0.3) is 5.91 Å². The number of benzene rings is 2. The summed E-state index contributed by atoms with van der Waals surface area (Å²) in [5, 5.41) is 18.1. The van der Waals surface area contributed by atoms with Gasteiger partial charge in [0, 0.05) is 13.5 Å². The second kappa shape index (κ2) is 15.5. The maximum Gasteiger partial charge on any atom is 0.405 e. The number of Topliss-reactive ketones (excluding diaryl/α,β-unsaturated/α-hetero) is 1. The number of primary amides is 1. The molecule has 0 radical (unpaired) electrons. The van der Waals surface area contributed by atoms with Crippen LogP contribution < -0.4 is 21.7 Å². The molecule has 0 aliphatic heterocycles. The number of likely N-dealkylation sites (N-methyl/N-ethyl adjacent to an activating group) is 1. The summed E-state index contributed by atoms with van der Waals surface area (Å²) in [4.78, 5) is 76.2. The third kappa shape index (κ3) is 9.57. The van der Waals surface area contributed by atoms with E-state index in [9.17, 15) is 33.9 Å². The van der Waals surface area contributed by atoms with Gasteiger partial charge in [-0.1, -0.05) is 76.6 Å². The van der Waals surface area contributed by atoms with Gasteiger partial charge in [-0.2, -0.15) is 0 Å². The lowest BCUT2D eigenvalue weighted by Crippen LogP contribution is -2.57. The summed E-state index contributed by atoms with van der Waals surface area (Å²) >= 11 is 0. The van der Waals surface area contributed by atoms with E-state index in [0.29, 0.717) is 6.42 Å². The number of nitrogens with two attached hydrogens (primary N) is 1. The van der Waals surface area contributed by atoms with E-state index >= 15 is 0 Å². The molecule has 0 aliphatic carbocycles. The van der Waals surface area contributed by atoms with E-state index in [4.69, 9.17) is 5.73 Å². The molecule has 12 nitrogen and oxygen atoms in total. The molecule has 0 saturated carbocycles. The zero-order valence-electron chi connectivity index (χ0n) is 24.7. The molecule has 5 amide bonds. The fraction of sp³-hybridized carbons (Fsp3) is 0.467. The van der Waals surface area contributed by atoms with Crippen molar-refractivity contribution >= 4 is 46.3 Å². The van der Waals surface area contributed by atoms with Crippen LogP contribution in [-0.4, -0.2) is 77.2 Å². The van der Waals surface area contributed by atoms with Gasteiger partial charge in [0.2, 0.25) is 23.5 Å². The Hall–Kier alpha value is -4.48. The lowest BCUT2D eigenvalue weighted by atomic mass is 9.92. The molecule has 0 heterocycles. The number of hydrogen-bond donors (Lipinski definition) is 5. The fourth-order valence-electron chi connectivity index (χ4n) is 4.72. The SMILES string of the molecule is CC[C@H](C)C(C(=O)C(=O)NCC(=O)N[C@@H](Cc1ccc2ccccc2c1)C(N)=O)N(C)C(=O)[C@H](CC(C)C)NC(=O)O. The Kier molecular flexibility index (Phi) is 12.4. The predicted octanol–water partition coefficient (Wildman–Crippen LogP) is 1.59. The van der Waals surface area contributed by atoms with Gasteiger partial charge in [-0.15, -0.1) is 0 Å². The van der Waals surface area contributed by atoms with Crippen molar-refractivity contribution in [2.24, 2.45) is 17.6 Å². The van der Waals surface area contributed by atoms with E-state index in [2.05, 4.69) is 16.0 Å². The molecule has 0 spiro atoms. The average molecular weight is 584 g/mol. The molecular formula is C30H41N5O7. The highest BCUT2D eigenvalue weighted by atomic mass is 16.4. The van der Waals surface area contributed by atoms with Gasteiger partial charge in [-0.3, -0.25) is 24.0 Å². The van der Waals surface area contributed by atoms with Crippen LogP contribution in [-0.2, 0) is 30.4 Å². The Bertz CT molecular complexity index is 1310. The Morgan fingerprint density at radius 2 is 1.57 bits per heavy atom. The number of nitrogens with zero attached hydrogens (tertiary/aromatic N) is 1. The van der Waals surface area contributed by atoms with Gasteiger partial charge in [-0.05, 0) is 34.6 Å². The van der Waals surface area contributed by atoms with Gasteiger partial charge in [0.1, 0.15) is 18.1 Å². The number of hydrogen-bond acceptors (Lipinski definition) is 6. The standard InChI is InChI=1S/C30H41N5O7/c1-6-18(4)25(35(5)29(40)23(13-17(2)3)34-30(41)42)26(37)28(39)32-16-24(36)33-22(27(31)38)15-19-11-12-20-9-7-8-10-21(20)14-19/h7-12,14,17-18,22-23,25,34H,6,13,15-16H2,1-5H3,(H2,31,38)(H,32,39)(H,33,36)(H,41,42)/t18-,22-,23-,25?/m0/s1. The summed E-state index contributed by atoms with van der Waals surface area (Å²) < 4.78 is 0. The van der Waals surface area contributed by atoms with Crippen molar-refractivity contribution < 1.29 is 33.9 Å². The Morgan fingerprint density at radius 3 is 2.14 bits per heavy atom. The van der Waals surface area contributed by atoms with Crippen molar-refractivity contribution in [3.63, 3.8) is 0 Å². The first-order valence-electron chi connectivity index (χ1n) is 13.9. The first kappa shape index (κ1) is 33.7. The Labute approximate surface area is 245 Å². The summed E-state index contributed by atoms with van der Waals surface area (Å²) in [7, 11) is 1.35. The Balaban J connectivity index is 2.07. The van der Waals surface area contributed by atoms with E-state index in [-0.39, 0.29) is 18.8 Å². The van der Waals surface area contributed by atoms with Crippen LogP contribution in [0, 0.1) is 11.8 Å². The quantitative estimate of drug-likeness (QED) is 0.197. The van der Waals surface area contributed by atoms with Crippen molar-refractivity contribution in [2.75, 3.05) is 13.6 Å². The first-order valence-corrected chi connectivity index (χ1v) is 13.9. The topological polar surface area (TPSA) is 188 Å². The third-order valence-electron chi connectivity index (χ3n) is 7.09. The first-order chi connectivity index (χ1) is 19.7. The van der Waals surface area contributed by atoms with Crippen molar-refractivity contribution in [3.8, 4) is 0 Å². The van der Waals surface area contributed by atoms with E-state index in [1.165, 1.54) is 7.05 Å². The van der Waals surface area contributed by atoms with Crippen molar-refractivity contribution in [3.05, 3.63) is 48.0 Å². The molecule has 0 saturated heterocycles. The van der Waals surface area contributed by atoms with Crippen LogP contribution in [0.1, 0.15) is 46.1 Å². The molecule has 42 heavy (non-hydrogen) atoms. The third-order valence-corrected chi connectivity index (χ3v) is 7.09. The molecule has 228 valence electrons. The van der Waals surface area contributed by atoms with Gasteiger partial charge >= 0.3 is 6.09 Å². The minimum Gasteiger partial charge on any atom is -0.465 e. The molecule has 0 fully saturated rings. The van der Waals surface area contributed by atoms with E-state index in [1.807, 2.05) is 56.3 Å². The molecule has 0 bridgehead atoms. The maximum atomic E-state index is 13.2. The summed E-state index contributed by atoms with van der Waals surface area (Å²) in [5.74, 6) is -4.65. The minimum atomic E-state index is -1.38. The molecule has 2 aromatic carbocycles. The molecule has 1 unspecified atom stereocenters. The molecule has 2 rings (SSSR count). The molecule has 6 N–H and O–H groups in total. The lowest BCUT2D eigenvalue weighted by Gasteiger charge is -2.33. The van der Waals surface area contributed by atoms with E-state index in [1.54, 1.807) is 13.8 Å². The number of carbonyl (C=O) groups excluding carboxylic acids is 5. The number of carboxylic acid groups (broad SMARTS) is 1. The normalized spacial score (nSPS) is 13.9. The molecule has 4 atom stereocenters. The van der Waals surface area contributed by atoms with Gasteiger partial charge in [-0.25, -0.2) is 4.79 Å². The van der Waals surface area contributed by atoms with Crippen LogP contribution in [0.4, 0.5) is 4.79 Å². The Morgan fingerprint density at radius 1 is 0.929 bits per heavy atom. The number of fused-ring (bicyclic) bond motifs is 1. The number of carbonyl (C=O) groups is 6. The molecular weight excluding hydrogens is 542 g/mol. The second-order valence-corrected chi connectivity index (χ2v) is 10.9. The maximum absolute atomic E-state index is 13.2. The molecule has 12 heteroatoms. The van der Waals surface area contributed by atoms with Crippen molar-refractivity contribution in [1.29, 1.82) is 0 Å². The zero-order valence-corrected chi connectivity index (χ0v) is 24.7. The molecule has 2 aromatic rings. The number of ketones is 1. The predicted molar refractivity (Wildman–Crippen MR) is 157 cm³/mol. The highest BCUT2D eigenvalue weighted by molar-refractivity contribution is 6.38. The highest BCUT2D eigenvalue weighted by Gasteiger charge is 2.38. The largest absolute Gasteiger partial charge is 0.465 e. The van der Waals surface area contributed by atoms with Crippen LogP contribution in [0.25, 0.3) is 10.8 Å². The van der Waals surface area contributed by atoms with Gasteiger partial charge in [0.15, 0.2) is 0 Å². The van der Waals surface area contributed by atoms with E-state index in [0.717, 1.165) is 21.2 Å². The summed E-state index contributed by atoms with van der Waals surface area (Å²) in [6.07, 6.45) is -0.613. The highest BCUT2D eigenvalue weighted by Crippen LogP contribution is 2.19. The van der Waals surface area contributed by atoms with Crippen LogP contribution in [0.5, 0.6) is 0 Å². The van der Waals surface area contributed by atoms with Crippen molar-refractivity contribution in [2.45, 2.75) is 65.1 Å². The lowest BCUT2D eigenvalue weighted by molar-refractivity contribution is -0.147. The van der Waals surface area contributed by atoms with Crippen LogP contribution in [0.2, 0.25) is 0 Å². The van der Waals surface area contributed by atoms with Crippen LogP contribution >= 0.6 is 0 Å². The van der Waals surface area contributed by atoms with Crippen LogP contribution in [0.15, 0.2) is 42.5 Å². The van der Waals surface area contributed by atoms with Gasteiger partial charge in [0.05, 0.1) is 6.54 Å². The summed E-state index contributed by atoms with van der Waals surface area (Å²) in [6.45, 7) is 6.52. The molecule has 0 aromatic heterocycles. The average Bonchev–Trinajstić information content (AvgIpc) is 2.93. The summed E-state index contributed by atoms with van der Waals surface area (Å²) in [5.41, 5.74) is 6.28. The number of amides is 5. The van der Waals surface area contributed by atoms with Gasteiger partial charge < -0.3 is 31.7 Å². The van der Waals surface area contributed by atoms with E-state index < -0.39 is 66.1 Å². The number of nitrogens with one attached hydrogen (secondary N) is 3. The fourth-order valence-corrected chi connectivity index (χ4v) is 4.72. The smallest absolute Gasteiger partial charge is 0.405 e. The van der Waals surface area contributed by atoms with Crippen LogP contribution in [0.3, 0.4) is 0 Å². The zero-order chi connectivity index (χ0) is 31.6. The number of rotatable bonds is 15. The van der Waals surface area contributed by atoms with Crippen molar-refractivity contribution in [1.82, 2.24) is 20.9 Å².